The fourth-order valence-corrected chi connectivity index (χ4v) is 2.29. The van der Waals surface area contributed by atoms with E-state index in [1.54, 1.807) is 12.1 Å². The quantitative estimate of drug-likeness (QED) is 0.931. The van der Waals surface area contributed by atoms with Crippen LogP contribution in [0.5, 0.6) is 0 Å². The molecule has 0 saturated carbocycles. The van der Waals surface area contributed by atoms with E-state index < -0.39 is 11.8 Å². The standard InChI is InChI=1S/C13H7FN2O2S/c14-12-2-1-9(6-11(12)13(17)18)19-10-3-4-16-8(5-10)7-15/h1-6H,(H,17,18). The van der Waals surface area contributed by atoms with Gasteiger partial charge >= 0.3 is 5.97 Å². The minimum absolute atomic E-state index is 0.269. The van der Waals surface area contributed by atoms with E-state index in [4.69, 9.17) is 10.4 Å². The number of aromatic nitrogens is 1. The van der Waals surface area contributed by atoms with Crippen LogP contribution in [0.4, 0.5) is 4.39 Å². The Hall–Kier alpha value is -2.39. The van der Waals surface area contributed by atoms with E-state index in [1.165, 1.54) is 30.1 Å². The third kappa shape index (κ3) is 3.09. The van der Waals surface area contributed by atoms with Gasteiger partial charge in [-0.25, -0.2) is 14.2 Å². The Morgan fingerprint density at radius 3 is 2.74 bits per heavy atom. The van der Waals surface area contributed by atoms with Crippen molar-refractivity contribution in [3.63, 3.8) is 0 Å². The van der Waals surface area contributed by atoms with Gasteiger partial charge in [-0.05, 0) is 30.3 Å². The zero-order chi connectivity index (χ0) is 13.8. The van der Waals surface area contributed by atoms with E-state index in [1.807, 2.05) is 6.07 Å². The topological polar surface area (TPSA) is 74.0 Å². The number of pyridine rings is 1. The van der Waals surface area contributed by atoms with Crippen molar-refractivity contribution in [1.82, 2.24) is 4.98 Å². The van der Waals surface area contributed by atoms with Crippen molar-refractivity contribution in [1.29, 1.82) is 5.26 Å². The third-order valence-electron chi connectivity index (χ3n) is 2.25. The van der Waals surface area contributed by atoms with Gasteiger partial charge in [0.05, 0.1) is 5.56 Å². The van der Waals surface area contributed by atoms with Crippen LogP contribution in [0.1, 0.15) is 16.1 Å². The molecule has 0 fully saturated rings. The molecule has 1 aromatic carbocycles. The maximum atomic E-state index is 13.2. The summed E-state index contributed by atoms with van der Waals surface area (Å²) < 4.78 is 13.2. The maximum Gasteiger partial charge on any atom is 0.338 e. The Balaban J connectivity index is 2.31. The minimum Gasteiger partial charge on any atom is -0.478 e. The number of carbonyl (C=O) groups is 1. The molecule has 94 valence electrons. The fraction of sp³-hybridized carbons (Fsp3) is 0. The van der Waals surface area contributed by atoms with Crippen LogP contribution in [0, 0.1) is 17.1 Å². The third-order valence-corrected chi connectivity index (χ3v) is 3.23. The molecule has 0 aliphatic heterocycles. The summed E-state index contributed by atoms with van der Waals surface area (Å²) in [5, 5.41) is 17.6. The number of nitrogens with zero attached hydrogens (tertiary/aromatic N) is 2. The van der Waals surface area contributed by atoms with Gasteiger partial charge in [-0.15, -0.1) is 0 Å². The molecule has 0 radical (unpaired) electrons. The van der Waals surface area contributed by atoms with Crippen LogP contribution >= 0.6 is 11.8 Å². The molecule has 1 heterocycles. The molecule has 0 amide bonds. The summed E-state index contributed by atoms with van der Waals surface area (Å²) in [6.07, 6.45) is 1.49. The molecule has 1 N–H and O–H groups in total. The lowest BCUT2D eigenvalue weighted by Crippen LogP contribution is -2.00. The normalized spacial score (nSPS) is 9.89. The summed E-state index contributed by atoms with van der Waals surface area (Å²) in [6.45, 7) is 0. The Morgan fingerprint density at radius 2 is 2.05 bits per heavy atom. The molecule has 0 bridgehead atoms. The summed E-state index contributed by atoms with van der Waals surface area (Å²) in [5.41, 5.74) is -0.106. The smallest absolute Gasteiger partial charge is 0.338 e. The minimum atomic E-state index is -1.31. The van der Waals surface area contributed by atoms with Gasteiger partial charge < -0.3 is 5.11 Å². The number of carboxylic acids is 1. The molecule has 0 unspecified atom stereocenters. The molecule has 1 aromatic heterocycles. The number of rotatable bonds is 3. The van der Waals surface area contributed by atoms with E-state index in [0.29, 0.717) is 4.90 Å². The molecule has 19 heavy (non-hydrogen) atoms. The number of aromatic carboxylic acids is 1. The molecule has 2 rings (SSSR count). The molecule has 2 aromatic rings. The van der Waals surface area contributed by atoms with Gasteiger partial charge in [0.15, 0.2) is 0 Å². The Kier molecular flexibility index (Phi) is 3.78. The van der Waals surface area contributed by atoms with Crippen molar-refractivity contribution in [2.24, 2.45) is 0 Å². The van der Waals surface area contributed by atoms with Gasteiger partial charge in [0.25, 0.3) is 0 Å². The Labute approximate surface area is 112 Å². The second-order valence-corrected chi connectivity index (χ2v) is 4.68. The predicted octanol–water partition coefficient (Wildman–Crippen LogP) is 2.94. The summed E-state index contributed by atoms with van der Waals surface area (Å²) in [7, 11) is 0. The van der Waals surface area contributed by atoms with Crippen LogP contribution in [0.15, 0.2) is 46.3 Å². The van der Waals surface area contributed by atoms with E-state index in [-0.39, 0.29) is 11.3 Å². The van der Waals surface area contributed by atoms with E-state index in [0.717, 1.165) is 11.0 Å². The van der Waals surface area contributed by atoms with Gasteiger partial charge in [0, 0.05) is 16.0 Å². The van der Waals surface area contributed by atoms with Crippen LogP contribution in [-0.4, -0.2) is 16.1 Å². The van der Waals surface area contributed by atoms with Gasteiger partial charge in [-0.2, -0.15) is 5.26 Å². The summed E-state index contributed by atoms with van der Waals surface area (Å²) in [4.78, 5) is 16.0. The van der Waals surface area contributed by atoms with Crippen LogP contribution in [0.3, 0.4) is 0 Å². The van der Waals surface area contributed by atoms with Gasteiger partial charge in [-0.3, -0.25) is 0 Å². The summed E-state index contributed by atoms with van der Waals surface area (Å²) in [6, 6.07) is 9.03. The van der Waals surface area contributed by atoms with Crippen LogP contribution in [0.25, 0.3) is 0 Å². The van der Waals surface area contributed by atoms with Gasteiger partial charge in [0.2, 0.25) is 0 Å². The van der Waals surface area contributed by atoms with E-state index in [9.17, 15) is 9.18 Å². The van der Waals surface area contributed by atoms with E-state index >= 15 is 0 Å². The highest BCUT2D eigenvalue weighted by atomic mass is 32.2. The fourth-order valence-electron chi connectivity index (χ4n) is 1.40. The molecule has 0 aliphatic rings. The van der Waals surface area contributed by atoms with Crippen molar-refractivity contribution in [2.45, 2.75) is 9.79 Å². The average Bonchev–Trinajstić information content (AvgIpc) is 2.41. The monoisotopic (exact) mass is 274 g/mol. The maximum absolute atomic E-state index is 13.2. The lowest BCUT2D eigenvalue weighted by molar-refractivity contribution is 0.0691. The number of carboxylic acid groups (broad SMARTS) is 1. The van der Waals surface area contributed by atoms with Gasteiger partial charge in [-0.1, -0.05) is 11.8 Å². The highest BCUT2D eigenvalue weighted by Crippen LogP contribution is 2.29. The molecule has 0 saturated heterocycles. The number of halogens is 1. The largest absolute Gasteiger partial charge is 0.478 e. The number of benzene rings is 1. The zero-order valence-electron chi connectivity index (χ0n) is 9.50. The number of hydrogen-bond acceptors (Lipinski definition) is 4. The summed E-state index contributed by atoms with van der Waals surface area (Å²) in [5.74, 6) is -2.09. The first-order chi connectivity index (χ1) is 9.10. The predicted molar refractivity (Wildman–Crippen MR) is 66.4 cm³/mol. The zero-order valence-corrected chi connectivity index (χ0v) is 10.3. The summed E-state index contributed by atoms with van der Waals surface area (Å²) >= 11 is 1.24. The first-order valence-corrected chi connectivity index (χ1v) is 5.98. The number of nitriles is 1. The van der Waals surface area contributed by atoms with Crippen LogP contribution in [-0.2, 0) is 0 Å². The molecule has 0 atom stereocenters. The second-order valence-electron chi connectivity index (χ2n) is 3.54. The van der Waals surface area contributed by atoms with Crippen molar-refractivity contribution in [3.8, 4) is 6.07 Å². The Bertz CT molecular complexity index is 683. The molecule has 6 heteroatoms. The average molecular weight is 274 g/mol. The second kappa shape index (κ2) is 5.50. The Morgan fingerprint density at radius 1 is 1.32 bits per heavy atom. The molecular formula is C13H7FN2O2S. The van der Waals surface area contributed by atoms with Crippen molar-refractivity contribution >= 4 is 17.7 Å². The molecule has 0 spiro atoms. The SMILES string of the molecule is N#Cc1cc(Sc2ccc(F)c(C(=O)O)c2)ccn1. The van der Waals surface area contributed by atoms with Crippen molar-refractivity contribution < 1.29 is 14.3 Å². The molecule has 4 nitrogen and oxygen atoms in total. The first kappa shape index (κ1) is 13.1. The van der Waals surface area contributed by atoms with Crippen molar-refractivity contribution in [2.75, 3.05) is 0 Å². The molecular weight excluding hydrogens is 267 g/mol. The first-order valence-electron chi connectivity index (χ1n) is 5.17. The van der Waals surface area contributed by atoms with E-state index in [2.05, 4.69) is 4.98 Å². The lowest BCUT2D eigenvalue weighted by Gasteiger charge is -2.04. The molecule has 0 aliphatic carbocycles. The van der Waals surface area contributed by atoms with Crippen molar-refractivity contribution in [3.05, 3.63) is 53.6 Å². The van der Waals surface area contributed by atoms with Crippen LogP contribution in [0.2, 0.25) is 0 Å². The van der Waals surface area contributed by atoms with Gasteiger partial charge in [0.1, 0.15) is 17.6 Å². The number of hydrogen-bond donors (Lipinski definition) is 1. The van der Waals surface area contributed by atoms with Crippen LogP contribution < -0.4 is 0 Å². The lowest BCUT2D eigenvalue weighted by atomic mass is 10.2. The highest BCUT2D eigenvalue weighted by Gasteiger charge is 2.11. The highest BCUT2D eigenvalue weighted by molar-refractivity contribution is 7.99.